The van der Waals surface area contributed by atoms with Gasteiger partial charge in [0.1, 0.15) is 0 Å². The van der Waals surface area contributed by atoms with Crippen molar-refractivity contribution in [3.8, 4) is 0 Å². The van der Waals surface area contributed by atoms with Gasteiger partial charge < -0.3 is 4.90 Å². The van der Waals surface area contributed by atoms with Crippen molar-refractivity contribution in [2.45, 2.75) is 168 Å². The molecule has 0 N–H and O–H groups in total. The van der Waals surface area contributed by atoms with Gasteiger partial charge in [0.15, 0.2) is 0 Å². The maximum atomic E-state index is 2.48. The first-order chi connectivity index (χ1) is 16.2. The molecule has 0 heterocycles. The third kappa shape index (κ3) is 25.9. The van der Waals surface area contributed by atoms with Gasteiger partial charge in [-0.2, -0.15) is 0 Å². The fraction of sp³-hybridized carbons (Fsp3) is 0.875. The quantitative estimate of drug-likeness (QED) is 0.0914. The van der Waals surface area contributed by atoms with E-state index in [1.807, 2.05) is 0 Å². The number of hydrogen-bond donors (Lipinski definition) is 0. The van der Waals surface area contributed by atoms with E-state index >= 15 is 0 Å². The average Bonchev–Trinajstić information content (AvgIpc) is 2.81. The van der Waals surface area contributed by atoms with E-state index in [4.69, 9.17) is 0 Å². The largest absolute Gasteiger partial charge is 0.306 e. The summed E-state index contributed by atoms with van der Waals surface area (Å²) in [5, 5.41) is 0. The van der Waals surface area contributed by atoms with Crippen LogP contribution in [0.3, 0.4) is 0 Å². The Balaban J connectivity index is 3.45. The molecule has 0 bridgehead atoms. The van der Waals surface area contributed by atoms with E-state index in [-0.39, 0.29) is 0 Å². The van der Waals surface area contributed by atoms with Gasteiger partial charge in [-0.05, 0) is 59.0 Å². The zero-order valence-electron chi connectivity index (χ0n) is 23.6. The number of hydrogen-bond acceptors (Lipinski definition) is 1. The molecule has 1 nitrogen and oxygen atoms in total. The van der Waals surface area contributed by atoms with Crippen molar-refractivity contribution in [3.63, 3.8) is 0 Å². The van der Waals surface area contributed by atoms with Crippen LogP contribution in [0, 0.1) is 0 Å². The Morgan fingerprint density at radius 3 is 1.24 bits per heavy atom. The normalized spacial score (nSPS) is 13.1. The third-order valence-corrected chi connectivity index (χ3v) is 7.11. The summed E-state index contributed by atoms with van der Waals surface area (Å²) in [5.74, 6) is 0. The summed E-state index contributed by atoms with van der Waals surface area (Å²) in [7, 11) is 4.57. The fourth-order valence-electron chi connectivity index (χ4n) is 4.72. The molecular formula is C32H63N. The van der Waals surface area contributed by atoms with Crippen LogP contribution < -0.4 is 0 Å². The molecule has 0 aromatic rings. The topological polar surface area (TPSA) is 3.24 Å². The van der Waals surface area contributed by atoms with Crippen molar-refractivity contribution in [2.75, 3.05) is 14.1 Å². The van der Waals surface area contributed by atoms with Gasteiger partial charge in [-0.25, -0.2) is 0 Å². The minimum Gasteiger partial charge on any atom is -0.306 e. The molecule has 196 valence electrons. The van der Waals surface area contributed by atoms with E-state index in [0.717, 1.165) is 12.5 Å². The lowest BCUT2D eigenvalue weighted by Crippen LogP contribution is -2.27. The highest BCUT2D eigenvalue weighted by molar-refractivity contribution is 4.92. The van der Waals surface area contributed by atoms with Crippen LogP contribution in [0.15, 0.2) is 24.3 Å². The molecule has 0 aromatic heterocycles. The number of nitrogens with zero attached hydrogens (tertiary/aromatic N) is 1. The highest BCUT2D eigenvalue weighted by Crippen LogP contribution is 2.17. The lowest BCUT2D eigenvalue weighted by atomic mass is 9.99. The summed E-state index contributed by atoms with van der Waals surface area (Å²) in [4.78, 5) is 2.48. The van der Waals surface area contributed by atoms with Crippen molar-refractivity contribution in [1.29, 1.82) is 0 Å². The third-order valence-electron chi connectivity index (χ3n) is 7.11. The summed E-state index contributed by atoms with van der Waals surface area (Å²) in [6.07, 6.45) is 41.4. The highest BCUT2D eigenvalue weighted by atomic mass is 15.1. The van der Waals surface area contributed by atoms with Gasteiger partial charge in [-0.1, -0.05) is 141 Å². The molecule has 0 aliphatic heterocycles. The summed E-state index contributed by atoms with van der Waals surface area (Å²) in [6.45, 7) is 4.58. The molecule has 0 aliphatic carbocycles. The lowest BCUT2D eigenvalue weighted by molar-refractivity contribution is 0.251. The van der Waals surface area contributed by atoms with E-state index in [9.17, 15) is 0 Å². The second-order valence-corrected chi connectivity index (χ2v) is 10.6. The Hall–Kier alpha value is -0.560. The molecule has 0 rings (SSSR count). The van der Waals surface area contributed by atoms with Gasteiger partial charge >= 0.3 is 0 Å². The Labute approximate surface area is 210 Å². The smallest absolute Gasteiger partial charge is 0.00891 e. The summed E-state index contributed by atoms with van der Waals surface area (Å²) < 4.78 is 0. The second-order valence-electron chi connectivity index (χ2n) is 10.6. The van der Waals surface area contributed by atoms with Gasteiger partial charge in [0.05, 0.1) is 0 Å². The molecule has 0 radical (unpaired) electrons. The van der Waals surface area contributed by atoms with Crippen LogP contribution in [0.25, 0.3) is 0 Å². The molecule has 0 amide bonds. The predicted octanol–water partition coefficient (Wildman–Crippen LogP) is 11.0. The van der Waals surface area contributed by atoms with Crippen molar-refractivity contribution < 1.29 is 0 Å². The van der Waals surface area contributed by atoms with Crippen molar-refractivity contribution in [2.24, 2.45) is 0 Å². The maximum absolute atomic E-state index is 2.48. The SMILES string of the molecule is CCCCCC/C=C\C/C=C\CCCCCCCCCC(CCCCCCCCC)N(C)C. The molecule has 0 saturated heterocycles. The van der Waals surface area contributed by atoms with E-state index in [2.05, 4.69) is 57.1 Å². The number of rotatable bonds is 26. The van der Waals surface area contributed by atoms with E-state index < -0.39 is 0 Å². The Morgan fingerprint density at radius 1 is 0.455 bits per heavy atom. The zero-order chi connectivity index (χ0) is 24.2. The Bertz CT molecular complexity index is 409. The Kier molecular flexibility index (Phi) is 27.2. The van der Waals surface area contributed by atoms with Crippen molar-refractivity contribution in [3.05, 3.63) is 24.3 Å². The lowest BCUT2D eigenvalue weighted by Gasteiger charge is -2.24. The van der Waals surface area contributed by atoms with Gasteiger partial charge in [-0.15, -0.1) is 0 Å². The molecular weight excluding hydrogens is 398 g/mol. The second kappa shape index (κ2) is 27.7. The zero-order valence-corrected chi connectivity index (χ0v) is 23.6. The van der Waals surface area contributed by atoms with Crippen LogP contribution in [-0.4, -0.2) is 25.0 Å². The fourth-order valence-corrected chi connectivity index (χ4v) is 4.72. The molecule has 0 aliphatic rings. The van der Waals surface area contributed by atoms with Crippen molar-refractivity contribution in [1.82, 2.24) is 4.90 Å². The van der Waals surface area contributed by atoms with Gasteiger partial charge in [0, 0.05) is 6.04 Å². The summed E-state index contributed by atoms with van der Waals surface area (Å²) in [5.41, 5.74) is 0. The molecule has 1 unspecified atom stereocenters. The van der Waals surface area contributed by atoms with Crippen LogP contribution in [0.2, 0.25) is 0 Å². The minimum atomic E-state index is 0.809. The van der Waals surface area contributed by atoms with Gasteiger partial charge in [0.25, 0.3) is 0 Å². The van der Waals surface area contributed by atoms with Crippen LogP contribution in [0.4, 0.5) is 0 Å². The number of unbranched alkanes of at least 4 members (excludes halogenated alkanes) is 17. The summed E-state index contributed by atoms with van der Waals surface area (Å²) >= 11 is 0. The molecule has 33 heavy (non-hydrogen) atoms. The van der Waals surface area contributed by atoms with Crippen LogP contribution in [-0.2, 0) is 0 Å². The first-order valence-corrected chi connectivity index (χ1v) is 15.2. The maximum Gasteiger partial charge on any atom is 0.00891 e. The van der Waals surface area contributed by atoms with E-state index in [0.29, 0.717) is 0 Å². The first-order valence-electron chi connectivity index (χ1n) is 15.2. The molecule has 0 spiro atoms. The van der Waals surface area contributed by atoms with Gasteiger partial charge in [0.2, 0.25) is 0 Å². The molecule has 0 fully saturated rings. The minimum absolute atomic E-state index is 0.809. The predicted molar refractivity (Wildman–Crippen MR) is 153 cm³/mol. The van der Waals surface area contributed by atoms with Crippen LogP contribution in [0.1, 0.15) is 162 Å². The highest BCUT2D eigenvalue weighted by Gasteiger charge is 2.10. The van der Waals surface area contributed by atoms with Crippen LogP contribution >= 0.6 is 0 Å². The standard InChI is InChI=1S/C32H63N/c1-5-7-9-11-13-14-15-16-17-18-19-20-21-22-23-25-27-29-31-32(33(3)4)30-28-26-24-12-10-8-6-2/h14-15,17-18,32H,5-13,16,19-31H2,1-4H3/b15-14-,18-17-. The number of allylic oxidation sites excluding steroid dienone is 4. The summed E-state index contributed by atoms with van der Waals surface area (Å²) in [6, 6.07) is 0.809. The molecule has 1 atom stereocenters. The van der Waals surface area contributed by atoms with Crippen molar-refractivity contribution >= 4 is 0 Å². The monoisotopic (exact) mass is 461 g/mol. The van der Waals surface area contributed by atoms with Crippen LogP contribution in [0.5, 0.6) is 0 Å². The molecule has 0 aromatic carbocycles. The molecule has 0 saturated carbocycles. The Morgan fingerprint density at radius 2 is 0.818 bits per heavy atom. The average molecular weight is 462 g/mol. The van der Waals surface area contributed by atoms with E-state index in [1.54, 1.807) is 0 Å². The van der Waals surface area contributed by atoms with E-state index in [1.165, 1.54) is 141 Å². The van der Waals surface area contributed by atoms with Gasteiger partial charge in [-0.3, -0.25) is 0 Å². The first kappa shape index (κ1) is 32.4. The molecule has 1 heteroatoms.